The van der Waals surface area contributed by atoms with Crippen molar-refractivity contribution in [1.29, 1.82) is 0 Å². The fraction of sp³-hybridized carbons (Fsp3) is 0.308. The Kier molecular flexibility index (Phi) is 5.88. The molecule has 0 saturated heterocycles. The summed E-state index contributed by atoms with van der Waals surface area (Å²) in [4.78, 5) is 23.7. The van der Waals surface area contributed by atoms with Crippen LogP contribution in [0.4, 0.5) is 11.4 Å². The maximum Gasteiger partial charge on any atom is 0.133 e. The minimum Gasteiger partial charge on any atom is -0.497 e. The normalized spacial score (nSPS) is 14.4. The van der Waals surface area contributed by atoms with Gasteiger partial charge < -0.3 is 14.4 Å². The molecule has 0 bridgehead atoms. The van der Waals surface area contributed by atoms with Crippen molar-refractivity contribution >= 4 is 28.2 Å². The average Bonchev–Trinajstić information content (AvgIpc) is 3.31. The Balaban J connectivity index is 1.61. The van der Waals surface area contributed by atoms with Crippen LogP contribution in [0.5, 0.6) is 11.5 Å². The molecule has 34 heavy (non-hydrogen) atoms. The molecule has 1 aliphatic rings. The van der Waals surface area contributed by atoms with Gasteiger partial charge in [-0.05, 0) is 31.0 Å². The van der Waals surface area contributed by atoms with E-state index in [1.165, 1.54) is 0 Å². The number of Topliss-reactive ketones (excluding diaryl/α,β-unsaturated/α-hetero) is 1. The van der Waals surface area contributed by atoms with Crippen LogP contribution in [-0.4, -0.2) is 45.8 Å². The first-order valence-electron chi connectivity index (χ1n) is 11.3. The lowest BCUT2D eigenvalue weighted by atomic mass is 9.92. The first kappa shape index (κ1) is 21.9. The highest BCUT2D eigenvalue weighted by Gasteiger charge is 2.27. The third kappa shape index (κ3) is 4.31. The Labute approximate surface area is 198 Å². The predicted octanol–water partition coefficient (Wildman–Crippen LogP) is 4.70. The van der Waals surface area contributed by atoms with Gasteiger partial charge in [-0.3, -0.25) is 14.5 Å². The zero-order valence-electron chi connectivity index (χ0n) is 19.6. The molecule has 0 atom stereocenters. The molecule has 1 aliphatic carbocycles. The van der Waals surface area contributed by atoms with Crippen LogP contribution in [0.15, 0.2) is 55.0 Å². The molecule has 0 N–H and O–H groups in total. The largest absolute Gasteiger partial charge is 0.497 e. The van der Waals surface area contributed by atoms with Crippen molar-refractivity contribution < 1.29 is 14.3 Å². The number of carbonyl (C=O) groups is 1. The van der Waals surface area contributed by atoms with Gasteiger partial charge in [0, 0.05) is 67.3 Å². The van der Waals surface area contributed by atoms with Crippen LogP contribution in [0.25, 0.3) is 22.3 Å². The van der Waals surface area contributed by atoms with Gasteiger partial charge in [-0.25, -0.2) is 4.98 Å². The Morgan fingerprint density at radius 1 is 0.941 bits per heavy atom. The summed E-state index contributed by atoms with van der Waals surface area (Å²) in [5, 5.41) is 4.25. The molecule has 2 aromatic heterocycles. The molecular formula is C26H27N5O3. The number of rotatable bonds is 6. The van der Waals surface area contributed by atoms with Gasteiger partial charge in [-0.15, -0.1) is 0 Å². The minimum absolute atomic E-state index is 0.168. The molecular weight excluding hydrogens is 430 g/mol. The van der Waals surface area contributed by atoms with Gasteiger partial charge in [0.2, 0.25) is 0 Å². The molecule has 0 unspecified atom stereocenters. The number of carbonyl (C=O) groups excluding carboxylic acids is 1. The number of hydrogen-bond acceptors (Lipinski definition) is 7. The van der Waals surface area contributed by atoms with Crippen LogP contribution in [0.3, 0.4) is 0 Å². The number of aryl methyl sites for hydroxylation is 1. The topological polar surface area (TPSA) is 82.4 Å². The van der Waals surface area contributed by atoms with E-state index >= 15 is 0 Å². The molecule has 8 heteroatoms. The standard InChI is InChI=1S/C26H27N5O3/c1-30-16-17(14-28-30)26-15-27-24-9-6-19(12-25(24)29-26)31(18-4-7-21(32)8-5-18)20-10-22(33-2)13-23(11-20)34-3/h6,9-16,18H,4-5,7-8H2,1-3H3. The molecule has 5 rings (SSSR count). The molecule has 174 valence electrons. The van der Waals surface area contributed by atoms with Gasteiger partial charge >= 0.3 is 0 Å². The molecule has 0 spiro atoms. The molecule has 4 aromatic rings. The monoisotopic (exact) mass is 457 g/mol. The number of hydrogen-bond donors (Lipinski definition) is 0. The molecule has 1 saturated carbocycles. The number of ketones is 1. The predicted molar refractivity (Wildman–Crippen MR) is 131 cm³/mol. The van der Waals surface area contributed by atoms with Gasteiger partial charge in [-0.1, -0.05) is 0 Å². The molecule has 2 aromatic carbocycles. The maximum absolute atomic E-state index is 12.0. The SMILES string of the molecule is COc1cc(OC)cc(N(c2ccc3ncc(-c4cnn(C)c4)nc3c2)C2CCC(=O)CC2)c1. The fourth-order valence-electron chi connectivity index (χ4n) is 4.53. The summed E-state index contributed by atoms with van der Waals surface area (Å²) >= 11 is 0. The minimum atomic E-state index is 0.168. The van der Waals surface area contributed by atoms with E-state index in [0.29, 0.717) is 30.1 Å². The first-order valence-corrected chi connectivity index (χ1v) is 11.3. The lowest BCUT2D eigenvalue weighted by Gasteiger charge is -2.36. The average molecular weight is 458 g/mol. The van der Waals surface area contributed by atoms with Crippen LogP contribution in [0.1, 0.15) is 25.7 Å². The Morgan fingerprint density at radius 3 is 2.32 bits per heavy atom. The van der Waals surface area contributed by atoms with Gasteiger partial charge in [0.1, 0.15) is 17.3 Å². The number of nitrogens with zero attached hydrogens (tertiary/aromatic N) is 5. The highest BCUT2D eigenvalue weighted by atomic mass is 16.5. The smallest absolute Gasteiger partial charge is 0.133 e. The third-order valence-corrected chi connectivity index (χ3v) is 6.30. The van der Waals surface area contributed by atoms with Crippen LogP contribution >= 0.6 is 0 Å². The van der Waals surface area contributed by atoms with Gasteiger partial charge in [0.25, 0.3) is 0 Å². The van der Waals surface area contributed by atoms with Crippen molar-refractivity contribution in [1.82, 2.24) is 19.7 Å². The number of ether oxygens (including phenoxy) is 2. The van der Waals surface area contributed by atoms with Crippen molar-refractivity contribution in [3.05, 3.63) is 55.0 Å². The third-order valence-electron chi connectivity index (χ3n) is 6.30. The van der Waals surface area contributed by atoms with E-state index in [2.05, 4.69) is 27.1 Å². The number of benzene rings is 2. The van der Waals surface area contributed by atoms with Crippen LogP contribution in [-0.2, 0) is 11.8 Å². The lowest BCUT2D eigenvalue weighted by molar-refractivity contribution is -0.120. The molecule has 2 heterocycles. The quantitative estimate of drug-likeness (QED) is 0.415. The van der Waals surface area contributed by atoms with Gasteiger partial charge in [0.05, 0.1) is 43.3 Å². The van der Waals surface area contributed by atoms with Crippen LogP contribution < -0.4 is 14.4 Å². The van der Waals surface area contributed by atoms with Gasteiger partial charge in [-0.2, -0.15) is 5.10 Å². The second kappa shape index (κ2) is 9.13. The Hall–Kier alpha value is -3.94. The zero-order valence-corrected chi connectivity index (χ0v) is 19.6. The molecule has 0 amide bonds. The number of fused-ring (bicyclic) bond motifs is 1. The van der Waals surface area contributed by atoms with Crippen molar-refractivity contribution in [2.75, 3.05) is 19.1 Å². The Bertz CT molecular complexity index is 1320. The van der Waals surface area contributed by atoms with Crippen LogP contribution in [0, 0.1) is 0 Å². The summed E-state index contributed by atoms with van der Waals surface area (Å²) < 4.78 is 12.8. The summed E-state index contributed by atoms with van der Waals surface area (Å²) in [5.41, 5.74) is 5.24. The summed E-state index contributed by atoms with van der Waals surface area (Å²) in [5.74, 6) is 1.75. The van der Waals surface area contributed by atoms with E-state index in [0.717, 1.165) is 46.5 Å². The number of aromatic nitrogens is 4. The number of anilines is 2. The first-order chi connectivity index (χ1) is 16.5. The molecule has 0 aliphatic heterocycles. The van der Waals surface area contributed by atoms with E-state index in [9.17, 15) is 4.79 Å². The second-order valence-electron chi connectivity index (χ2n) is 8.54. The summed E-state index contributed by atoms with van der Waals surface area (Å²) in [6.07, 6.45) is 8.23. The van der Waals surface area contributed by atoms with Crippen molar-refractivity contribution in [2.24, 2.45) is 7.05 Å². The van der Waals surface area contributed by atoms with E-state index in [1.807, 2.05) is 37.5 Å². The Morgan fingerprint density at radius 2 is 1.68 bits per heavy atom. The van der Waals surface area contributed by atoms with E-state index in [1.54, 1.807) is 31.3 Å². The van der Waals surface area contributed by atoms with E-state index in [-0.39, 0.29) is 6.04 Å². The lowest BCUT2D eigenvalue weighted by Crippen LogP contribution is -2.35. The van der Waals surface area contributed by atoms with E-state index in [4.69, 9.17) is 14.5 Å². The fourth-order valence-corrected chi connectivity index (χ4v) is 4.53. The maximum atomic E-state index is 12.0. The zero-order chi connectivity index (χ0) is 23.7. The summed E-state index contributed by atoms with van der Waals surface area (Å²) in [7, 11) is 5.17. The highest BCUT2D eigenvalue weighted by molar-refractivity contribution is 5.84. The van der Waals surface area contributed by atoms with Crippen molar-refractivity contribution in [3.63, 3.8) is 0 Å². The molecule has 8 nitrogen and oxygen atoms in total. The summed E-state index contributed by atoms with van der Waals surface area (Å²) in [6.45, 7) is 0. The number of methoxy groups -OCH3 is 2. The van der Waals surface area contributed by atoms with E-state index < -0.39 is 0 Å². The second-order valence-corrected chi connectivity index (χ2v) is 8.54. The van der Waals surface area contributed by atoms with Crippen molar-refractivity contribution in [2.45, 2.75) is 31.7 Å². The highest BCUT2D eigenvalue weighted by Crippen LogP contribution is 2.38. The summed E-state index contributed by atoms with van der Waals surface area (Å²) in [6, 6.07) is 12.1. The van der Waals surface area contributed by atoms with Gasteiger partial charge in [0.15, 0.2) is 0 Å². The molecule has 1 fully saturated rings. The van der Waals surface area contributed by atoms with Crippen molar-refractivity contribution in [3.8, 4) is 22.8 Å². The molecule has 0 radical (unpaired) electrons. The van der Waals surface area contributed by atoms with Crippen LogP contribution in [0.2, 0.25) is 0 Å².